The summed E-state index contributed by atoms with van der Waals surface area (Å²) >= 11 is 0. The smallest absolute Gasteiger partial charge is 0.247 e. The molecule has 0 bridgehead atoms. The van der Waals surface area contributed by atoms with Crippen molar-refractivity contribution in [3.63, 3.8) is 0 Å². The predicted molar refractivity (Wildman–Crippen MR) is 405 cm³/mol. The lowest BCUT2D eigenvalue weighted by Gasteiger charge is -2.50. The number of hydrogen-bond acceptors (Lipinski definition) is 2. The lowest BCUT2D eigenvalue weighted by molar-refractivity contribution is 0.435. The third kappa shape index (κ3) is 8.61. The molecule has 0 unspecified atom stereocenters. The van der Waals surface area contributed by atoms with Gasteiger partial charge in [-0.2, -0.15) is 0 Å². The summed E-state index contributed by atoms with van der Waals surface area (Å²) in [5, 5.41) is 2.03. The Morgan fingerprint density at radius 2 is 0.865 bits per heavy atom. The van der Waals surface area contributed by atoms with E-state index in [9.17, 15) is 13.7 Å². The van der Waals surface area contributed by atoms with Gasteiger partial charge < -0.3 is 18.8 Å². The molecule has 0 saturated carbocycles. The number of hydrogen-bond donors (Lipinski definition) is 0. The Morgan fingerprint density at radius 3 is 1.43 bits per heavy atom. The van der Waals surface area contributed by atoms with E-state index in [1.54, 1.807) is 4.57 Å². The molecule has 0 fully saturated rings. The quantitative estimate of drug-likeness (QED) is 0.155. The molecule has 462 valence electrons. The second-order valence-electron chi connectivity index (χ2n) is 29.1. The number of nitrogens with zero attached hydrogens (tertiary/aromatic N) is 3. The average Bonchev–Trinajstić information content (AvgIpc) is 0.768. The maximum absolute atomic E-state index is 10.1. The van der Waals surface area contributed by atoms with Crippen molar-refractivity contribution in [2.45, 2.75) is 84.0 Å². The molecule has 3 aliphatic heterocycles. The van der Waals surface area contributed by atoms with Gasteiger partial charge in [0.2, 0.25) is 6.71 Å². The van der Waals surface area contributed by atoms with Gasteiger partial charge in [0.15, 0.2) is 0 Å². The second-order valence-corrected chi connectivity index (χ2v) is 29.1. The van der Waals surface area contributed by atoms with Gasteiger partial charge in [0.25, 0.3) is 0 Å². The summed E-state index contributed by atoms with van der Waals surface area (Å²) in [6.07, 6.45) is 0. The van der Waals surface area contributed by atoms with Crippen LogP contribution in [0.25, 0.3) is 88.4 Å². The Hall–Kier alpha value is -10.9. The summed E-state index contributed by atoms with van der Waals surface area (Å²) in [4.78, 5) is 2.37. The fourth-order valence-corrected chi connectivity index (χ4v) is 15.8. The number of ether oxygens (including phenoxy) is 1. The van der Waals surface area contributed by atoms with Crippen LogP contribution in [-0.4, -0.2) is 15.8 Å². The van der Waals surface area contributed by atoms with Crippen molar-refractivity contribution in [2.75, 3.05) is 4.90 Å². The lowest BCUT2D eigenvalue weighted by Crippen LogP contribution is -2.65. The number of fused-ring (bicyclic) bond motifs is 16. The van der Waals surface area contributed by atoms with Gasteiger partial charge in [-0.3, -0.25) is 0 Å². The van der Waals surface area contributed by atoms with E-state index in [4.69, 9.17) is 8.85 Å². The fourth-order valence-electron chi connectivity index (χ4n) is 15.8. The van der Waals surface area contributed by atoms with E-state index in [0.717, 1.165) is 99.8 Å². The largest absolute Gasteiger partial charge is 0.457 e. The predicted octanol–water partition coefficient (Wildman–Crippen LogP) is 21.9. The van der Waals surface area contributed by atoms with Crippen LogP contribution >= 0.6 is 0 Å². The maximum atomic E-state index is 10.1. The molecule has 2 aromatic heterocycles. The molecular formula is C91H74BN3O. The Morgan fingerprint density at radius 1 is 0.354 bits per heavy atom. The minimum atomic E-state index is -1.43. The van der Waals surface area contributed by atoms with Gasteiger partial charge in [-0.25, -0.2) is 0 Å². The normalized spacial score (nSPS) is 15.7. The zero-order valence-electron chi connectivity index (χ0n) is 68.0. The molecule has 1 spiro atoms. The van der Waals surface area contributed by atoms with Crippen LogP contribution in [0.5, 0.6) is 11.5 Å². The van der Waals surface area contributed by atoms with Crippen LogP contribution in [0.1, 0.15) is 119 Å². The van der Waals surface area contributed by atoms with Gasteiger partial charge in [-0.05, 0) is 162 Å². The average molecular weight is 1250 g/mol. The molecule has 4 nitrogen and oxygen atoms in total. The first-order chi connectivity index (χ1) is 51.9. The standard InChI is InChI=1S/C91H74BN3O/c1-88(2,3)61-42-47-80-70(50-61)71-51-62(89(4,5)6)43-48-81(71)93(80)64-44-46-76-82(55-64)95(87-68(58-29-15-11-16-30-58)52-63(90(7,8)9)53-69(87)59-31-17-12-18-32-59)83-56-65(94-78-37-23-19-33-66(78)67-34-20-24-38-79(67)94)54-75-86(83)92(76)77-49-60(57-27-13-10-14-28-57)41-45-72(77)91(75)73-35-21-25-39-84(73)96-85-40-26-22-36-74(85)91/h10-56H,1-9H3/i10D,13D,14D,19D,20D,23D,24D,27D,28D,33D,34D,37D,38D. The highest BCUT2D eigenvalue weighted by Gasteiger charge is 2.55. The molecule has 0 amide bonds. The Labute approximate surface area is 581 Å². The summed E-state index contributed by atoms with van der Waals surface area (Å²) in [5.74, 6) is 1.06. The molecule has 0 radical (unpaired) electrons. The van der Waals surface area contributed by atoms with Crippen molar-refractivity contribution in [3.05, 3.63) is 324 Å². The van der Waals surface area contributed by atoms with Crippen molar-refractivity contribution in [3.8, 4) is 56.3 Å². The van der Waals surface area contributed by atoms with Crippen molar-refractivity contribution in [1.82, 2.24) is 9.13 Å². The van der Waals surface area contributed by atoms with Crippen molar-refractivity contribution in [1.29, 1.82) is 0 Å². The number of anilines is 3. The lowest BCUT2D eigenvalue weighted by atomic mass is 9.29. The Kier molecular flexibility index (Phi) is 9.97. The Balaban J connectivity index is 1.10. The third-order valence-corrected chi connectivity index (χ3v) is 20.4. The highest BCUT2D eigenvalue weighted by atomic mass is 16.5. The van der Waals surface area contributed by atoms with E-state index in [1.807, 2.05) is 103 Å². The van der Waals surface area contributed by atoms with Gasteiger partial charge in [0.1, 0.15) is 11.5 Å². The second kappa shape index (κ2) is 21.1. The summed E-state index contributed by atoms with van der Waals surface area (Å²) in [6.45, 7) is 19.3. The first-order valence-corrected chi connectivity index (χ1v) is 33.0. The first kappa shape index (κ1) is 45.5. The maximum Gasteiger partial charge on any atom is 0.247 e. The molecule has 5 heteroatoms. The molecule has 0 atom stereocenters. The zero-order valence-corrected chi connectivity index (χ0v) is 55.0. The summed E-state index contributed by atoms with van der Waals surface area (Å²) in [6, 6.07) is 65.1. The van der Waals surface area contributed by atoms with Crippen molar-refractivity contribution < 1.29 is 22.6 Å². The zero-order chi connectivity index (χ0) is 76.5. The number of benzene rings is 13. The van der Waals surface area contributed by atoms with Crippen molar-refractivity contribution >= 4 is 83.8 Å². The monoisotopic (exact) mass is 1250 g/mol. The van der Waals surface area contributed by atoms with E-state index in [2.05, 4.69) is 175 Å². The molecule has 13 aromatic carbocycles. The van der Waals surface area contributed by atoms with Crippen LogP contribution in [0.2, 0.25) is 0 Å². The molecule has 3 aliphatic rings. The van der Waals surface area contributed by atoms with Crippen LogP contribution in [0, 0.1) is 0 Å². The Bertz CT molecular complexity index is 6240. The fraction of sp³-hybridized carbons (Fsp3) is 0.143. The van der Waals surface area contributed by atoms with Crippen LogP contribution in [-0.2, 0) is 21.7 Å². The van der Waals surface area contributed by atoms with Crippen LogP contribution in [0.15, 0.2) is 285 Å². The van der Waals surface area contributed by atoms with Crippen LogP contribution < -0.4 is 26.0 Å². The molecular weight excluding hydrogens is 1160 g/mol. The summed E-state index contributed by atoms with van der Waals surface area (Å²) in [5.41, 5.74) is 15.6. The van der Waals surface area contributed by atoms with E-state index in [-0.39, 0.29) is 50.3 Å². The summed E-state index contributed by atoms with van der Waals surface area (Å²) < 4.78 is 135. The van der Waals surface area contributed by atoms with Crippen LogP contribution in [0.4, 0.5) is 17.1 Å². The molecule has 18 rings (SSSR count). The highest BCUT2D eigenvalue weighted by Crippen LogP contribution is 2.59. The molecule has 5 heterocycles. The third-order valence-electron chi connectivity index (χ3n) is 20.4. The van der Waals surface area contributed by atoms with E-state index >= 15 is 0 Å². The SMILES string of the molecule is [2H]c1c([2H])c([2H])c(-c2ccc3c(c2)B2c4ccc(-n5c6ccc(C(C)(C)C)cc6c6cc(C(C)(C)C)ccc65)cc4N(c4c(-c5ccccc5)cc(C(C)(C)C)cc4-c4ccccc4)c4cc(-n5c6c([2H])c([2H])c([2H])c([2H])c6c6c([2H])c([2H])c([2H])c([2H])c65)cc(c42)C32c3ccccc3Oc3ccccc32)c([2H])c1[2H]. The molecule has 15 aromatic rings. The van der Waals surface area contributed by atoms with Crippen LogP contribution in [0.3, 0.4) is 0 Å². The van der Waals surface area contributed by atoms with Crippen molar-refractivity contribution in [2.24, 2.45) is 0 Å². The topological polar surface area (TPSA) is 22.3 Å². The number of aromatic nitrogens is 2. The van der Waals surface area contributed by atoms with Gasteiger partial charge in [-0.15, -0.1) is 0 Å². The minimum Gasteiger partial charge on any atom is -0.457 e. The van der Waals surface area contributed by atoms with Gasteiger partial charge in [-0.1, -0.05) is 268 Å². The first-order valence-electron chi connectivity index (χ1n) is 39.5. The van der Waals surface area contributed by atoms with E-state index in [1.165, 1.54) is 11.1 Å². The minimum absolute atomic E-state index is 0.0278. The van der Waals surface area contributed by atoms with Gasteiger partial charge in [0.05, 0.1) is 51.0 Å². The molecule has 0 saturated heterocycles. The highest BCUT2D eigenvalue weighted by molar-refractivity contribution is 6.99. The van der Waals surface area contributed by atoms with Gasteiger partial charge >= 0.3 is 0 Å². The molecule has 0 aliphatic carbocycles. The molecule has 0 N–H and O–H groups in total. The number of rotatable bonds is 6. The van der Waals surface area contributed by atoms with E-state index < -0.39 is 84.0 Å². The molecule has 96 heavy (non-hydrogen) atoms. The van der Waals surface area contributed by atoms with E-state index in [0.29, 0.717) is 34.0 Å². The summed E-state index contributed by atoms with van der Waals surface area (Å²) in [7, 11) is 0. The number of para-hydroxylation sites is 4. The van der Waals surface area contributed by atoms with Gasteiger partial charge in [0, 0.05) is 66.5 Å².